The predicted octanol–water partition coefficient (Wildman–Crippen LogP) is 1.87. The van der Waals surface area contributed by atoms with Crippen LogP contribution < -0.4 is 5.32 Å². The van der Waals surface area contributed by atoms with E-state index in [0.29, 0.717) is 13.0 Å². The fourth-order valence-corrected chi connectivity index (χ4v) is 2.57. The van der Waals surface area contributed by atoms with Crippen LogP contribution in [0.3, 0.4) is 0 Å². The fourth-order valence-electron chi connectivity index (χ4n) is 2.57. The number of H-pyrrole nitrogens is 1. The predicted molar refractivity (Wildman–Crippen MR) is 77.1 cm³/mol. The molecule has 1 heterocycles. The molecule has 5 nitrogen and oxygen atoms in total. The third kappa shape index (κ3) is 3.82. The van der Waals surface area contributed by atoms with Crippen LogP contribution in [0, 0.1) is 5.92 Å². The molecule has 1 fully saturated rings. The van der Waals surface area contributed by atoms with Crippen LogP contribution in [0.15, 0.2) is 6.07 Å². The Hall–Kier alpha value is -1.36. The zero-order valence-electron chi connectivity index (χ0n) is 12.6. The summed E-state index contributed by atoms with van der Waals surface area (Å²) in [6.45, 7) is 6.79. The number of aliphatic hydroxyl groups excluding tert-OH is 1. The topological polar surface area (TPSA) is 78.0 Å². The van der Waals surface area contributed by atoms with Crippen molar-refractivity contribution in [3.05, 3.63) is 17.5 Å². The lowest BCUT2D eigenvalue weighted by Crippen LogP contribution is -2.34. The van der Waals surface area contributed by atoms with E-state index in [1.807, 2.05) is 6.07 Å². The van der Waals surface area contributed by atoms with Crippen LogP contribution in [0.25, 0.3) is 0 Å². The number of aromatic nitrogens is 2. The number of rotatable bonds is 3. The first-order valence-electron chi connectivity index (χ1n) is 7.37. The van der Waals surface area contributed by atoms with E-state index >= 15 is 0 Å². The van der Waals surface area contributed by atoms with Crippen molar-refractivity contribution in [1.29, 1.82) is 0 Å². The molecule has 0 saturated heterocycles. The van der Waals surface area contributed by atoms with Gasteiger partial charge < -0.3 is 10.4 Å². The first-order valence-corrected chi connectivity index (χ1v) is 7.37. The molecule has 1 aliphatic carbocycles. The highest BCUT2D eigenvalue weighted by molar-refractivity contribution is 5.78. The van der Waals surface area contributed by atoms with E-state index in [9.17, 15) is 9.90 Å². The van der Waals surface area contributed by atoms with E-state index in [2.05, 4.69) is 36.3 Å². The molecular formula is C15H25N3O2. The lowest BCUT2D eigenvalue weighted by molar-refractivity contribution is -0.127. The van der Waals surface area contributed by atoms with E-state index in [0.717, 1.165) is 30.7 Å². The number of carbonyl (C=O) groups is 1. The van der Waals surface area contributed by atoms with Crippen LogP contribution in [0.5, 0.6) is 0 Å². The molecule has 0 spiro atoms. The quantitative estimate of drug-likeness (QED) is 0.790. The van der Waals surface area contributed by atoms with Crippen LogP contribution in [0.1, 0.15) is 57.8 Å². The average Bonchev–Trinajstić information content (AvgIpc) is 2.84. The van der Waals surface area contributed by atoms with Crippen molar-refractivity contribution in [2.75, 3.05) is 0 Å². The largest absolute Gasteiger partial charge is 0.393 e. The summed E-state index contributed by atoms with van der Waals surface area (Å²) in [7, 11) is 0. The summed E-state index contributed by atoms with van der Waals surface area (Å²) in [4.78, 5) is 12.1. The van der Waals surface area contributed by atoms with Crippen molar-refractivity contribution >= 4 is 5.91 Å². The maximum absolute atomic E-state index is 12.1. The smallest absolute Gasteiger partial charge is 0.223 e. The molecule has 112 valence electrons. The van der Waals surface area contributed by atoms with Gasteiger partial charge in [-0.2, -0.15) is 5.10 Å². The molecule has 1 saturated carbocycles. The fraction of sp³-hybridized carbons (Fsp3) is 0.733. The van der Waals surface area contributed by atoms with Crippen LogP contribution in [-0.2, 0) is 16.8 Å². The van der Waals surface area contributed by atoms with Crippen LogP contribution >= 0.6 is 0 Å². The molecule has 1 aromatic rings. The molecule has 5 heteroatoms. The molecular weight excluding hydrogens is 254 g/mol. The molecule has 2 atom stereocenters. The summed E-state index contributed by atoms with van der Waals surface area (Å²) in [5.41, 5.74) is 1.92. The number of aromatic amines is 1. The van der Waals surface area contributed by atoms with Gasteiger partial charge in [0.1, 0.15) is 0 Å². The van der Waals surface area contributed by atoms with Gasteiger partial charge in [-0.1, -0.05) is 27.2 Å². The maximum atomic E-state index is 12.1. The summed E-state index contributed by atoms with van der Waals surface area (Å²) in [6.07, 6.45) is 2.89. The number of hydrogen-bond donors (Lipinski definition) is 3. The first-order chi connectivity index (χ1) is 9.36. The van der Waals surface area contributed by atoms with Gasteiger partial charge in [0, 0.05) is 11.3 Å². The molecule has 0 aliphatic heterocycles. The van der Waals surface area contributed by atoms with Crippen LogP contribution in [0.2, 0.25) is 0 Å². The second-order valence-corrected chi connectivity index (χ2v) is 6.76. The highest BCUT2D eigenvalue weighted by Crippen LogP contribution is 2.24. The van der Waals surface area contributed by atoms with Crippen molar-refractivity contribution in [2.24, 2.45) is 5.92 Å². The van der Waals surface area contributed by atoms with Gasteiger partial charge in [-0.05, 0) is 25.3 Å². The van der Waals surface area contributed by atoms with Crippen LogP contribution in [0.4, 0.5) is 0 Å². The van der Waals surface area contributed by atoms with Gasteiger partial charge in [0.25, 0.3) is 0 Å². The summed E-state index contributed by atoms with van der Waals surface area (Å²) >= 11 is 0. The number of hydrogen-bond acceptors (Lipinski definition) is 3. The number of nitrogens with zero attached hydrogens (tertiary/aromatic N) is 1. The van der Waals surface area contributed by atoms with Gasteiger partial charge in [-0.25, -0.2) is 0 Å². The van der Waals surface area contributed by atoms with E-state index < -0.39 is 0 Å². The van der Waals surface area contributed by atoms with Crippen molar-refractivity contribution in [2.45, 2.75) is 64.5 Å². The Bertz CT molecular complexity index is 462. The number of nitrogens with one attached hydrogen (secondary N) is 2. The minimum Gasteiger partial charge on any atom is -0.393 e. The van der Waals surface area contributed by atoms with Gasteiger partial charge in [-0.3, -0.25) is 9.89 Å². The highest BCUT2D eigenvalue weighted by atomic mass is 16.3. The third-order valence-electron chi connectivity index (χ3n) is 3.87. The second kappa shape index (κ2) is 5.95. The standard InChI is InChI=1S/C15H25N3O2/c1-15(2,3)13-8-11(17-18-13)9-16-14(20)10-5-4-6-12(19)7-10/h8,10,12,19H,4-7,9H2,1-3H3,(H,16,20)(H,17,18)/t10-,12+/m0/s1. The van der Waals surface area contributed by atoms with E-state index in [4.69, 9.17) is 0 Å². The van der Waals surface area contributed by atoms with Crippen molar-refractivity contribution in [3.8, 4) is 0 Å². The molecule has 0 unspecified atom stereocenters. The molecule has 1 aliphatic rings. The number of carbonyl (C=O) groups excluding carboxylic acids is 1. The lowest BCUT2D eigenvalue weighted by Gasteiger charge is -2.24. The second-order valence-electron chi connectivity index (χ2n) is 6.76. The Morgan fingerprint density at radius 1 is 1.50 bits per heavy atom. The SMILES string of the molecule is CC(C)(C)c1cc(CNC(=O)[C@H]2CCC[C@@H](O)C2)[nH]n1. The molecule has 0 radical (unpaired) electrons. The van der Waals surface area contributed by atoms with Gasteiger partial charge in [0.2, 0.25) is 5.91 Å². The average molecular weight is 279 g/mol. The maximum Gasteiger partial charge on any atom is 0.223 e. The summed E-state index contributed by atoms with van der Waals surface area (Å²) in [5.74, 6) is -0.0144. The summed E-state index contributed by atoms with van der Waals surface area (Å²) in [5, 5.41) is 19.8. The van der Waals surface area contributed by atoms with Gasteiger partial charge in [0.15, 0.2) is 0 Å². The van der Waals surface area contributed by atoms with Crippen molar-refractivity contribution in [3.63, 3.8) is 0 Å². The van der Waals surface area contributed by atoms with E-state index in [-0.39, 0.29) is 23.3 Å². The van der Waals surface area contributed by atoms with E-state index in [1.165, 1.54) is 0 Å². The Morgan fingerprint density at radius 3 is 2.85 bits per heavy atom. The van der Waals surface area contributed by atoms with Gasteiger partial charge in [0.05, 0.1) is 24.0 Å². The third-order valence-corrected chi connectivity index (χ3v) is 3.87. The molecule has 20 heavy (non-hydrogen) atoms. The molecule has 0 bridgehead atoms. The Morgan fingerprint density at radius 2 is 2.25 bits per heavy atom. The monoisotopic (exact) mass is 279 g/mol. The molecule has 2 rings (SSSR count). The minimum atomic E-state index is -0.320. The van der Waals surface area contributed by atoms with Gasteiger partial charge >= 0.3 is 0 Å². The Balaban J connectivity index is 1.85. The molecule has 0 aromatic carbocycles. The van der Waals surface area contributed by atoms with Crippen molar-refractivity contribution < 1.29 is 9.90 Å². The first kappa shape index (κ1) is 15.0. The normalized spacial score (nSPS) is 23.6. The zero-order valence-corrected chi connectivity index (χ0v) is 12.6. The Kier molecular flexibility index (Phi) is 4.48. The lowest BCUT2D eigenvalue weighted by atomic mass is 9.86. The summed E-state index contributed by atoms with van der Waals surface area (Å²) < 4.78 is 0. The Labute approximate surface area is 120 Å². The van der Waals surface area contributed by atoms with Crippen LogP contribution in [-0.4, -0.2) is 27.3 Å². The number of amides is 1. The molecule has 1 amide bonds. The zero-order chi connectivity index (χ0) is 14.8. The molecule has 1 aromatic heterocycles. The number of aliphatic hydroxyl groups is 1. The van der Waals surface area contributed by atoms with E-state index in [1.54, 1.807) is 0 Å². The van der Waals surface area contributed by atoms with Gasteiger partial charge in [-0.15, -0.1) is 0 Å². The summed E-state index contributed by atoms with van der Waals surface area (Å²) in [6, 6.07) is 2.00. The highest BCUT2D eigenvalue weighted by Gasteiger charge is 2.26. The molecule has 3 N–H and O–H groups in total. The van der Waals surface area contributed by atoms with Crippen molar-refractivity contribution in [1.82, 2.24) is 15.5 Å². The minimum absolute atomic E-state index is 0.00619.